The molecule has 0 saturated carbocycles. The molecule has 0 fully saturated rings. The predicted molar refractivity (Wildman–Crippen MR) is 162 cm³/mol. The van der Waals surface area contributed by atoms with E-state index in [1.54, 1.807) is 0 Å². The summed E-state index contributed by atoms with van der Waals surface area (Å²) in [7, 11) is 0. The second kappa shape index (κ2) is 12.6. The van der Waals surface area contributed by atoms with Crippen molar-refractivity contribution in [1.29, 1.82) is 0 Å². The number of benzene rings is 1. The van der Waals surface area contributed by atoms with Crippen molar-refractivity contribution in [1.82, 2.24) is 15.5 Å². The summed E-state index contributed by atoms with van der Waals surface area (Å²) in [6, 6.07) is 4.44. The highest BCUT2D eigenvalue weighted by Crippen LogP contribution is 2.29. The van der Waals surface area contributed by atoms with Crippen LogP contribution in [0.2, 0.25) is 0 Å². The number of fused-ring (bicyclic) bond motifs is 1. The quantitative estimate of drug-likeness (QED) is 0.402. The second-order valence-electron chi connectivity index (χ2n) is 13.3. The number of aryl methyl sites for hydroxylation is 1. The maximum atomic E-state index is 13.5. The Hall–Kier alpha value is -2.70. The van der Waals surface area contributed by atoms with Crippen molar-refractivity contribution >= 4 is 24.0 Å². The summed E-state index contributed by atoms with van der Waals surface area (Å²) >= 11 is 0. The minimum Gasteiger partial charge on any atom is -0.393 e. The molecule has 0 spiro atoms. The van der Waals surface area contributed by atoms with Gasteiger partial charge in [0.15, 0.2) is 0 Å². The molecule has 1 atom stereocenters. The molecule has 0 radical (unpaired) electrons. The van der Waals surface area contributed by atoms with Crippen LogP contribution in [0.25, 0.3) is 12.2 Å². The van der Waals surface area contributed by atoms with Gasteiger partial charge in [-0.2, -0.15) is 0 Å². The van der Waals surface area contributed by atoms with Crippen molar-refractivity contribution in [3.05, 3.63) is 57.7 Å². The summed E-state index contributed by atoms with van der Waals surface area (Å²) in [5.41, 5.74) is 4.73. The van der Waals surface area contributed by atoms with Crippen LogP contribution in [-0.4, -0.2) is 58.1 Å². The van der Waals surface area contributed by atoms with Crippen LogP contribution in [0.15, 0.2) is 35.4 Å². The fourth-order valence-corrected chi connectivity index (χ4v) is 5.19. The normalized spacial score (nSPS) is 17.2. The Labute approximate surface area is 235 Å². The van der Waals surface area contributed by atoms with Crippen LogP contribution in [0.1, 0.15) is 108 Å². The number of carbonyl (C=O) groups excluding carboxylic acids is 2. The van der Waals surface area contributed by atoms with Crippen molar-refractivity contribution in [2.24, 2.45) is 0 Å². The van der Waals surface area contributed by atoms with Gasteiger partial charge in [0.1, 0.15) is 0 Å². The highest BCUT2D eigenvalue weighted by atomic mass is 16.3. The first-order valence-corrected chi connectivity index (χ1v) is 14.4. The Morgan fingerprint density at radius 2 is 1.62 bits per heavy atom. The van der Waals surface area contributed by atoms with E-state index in [0.717, 1.165) is 47.2 Å². The number of rotatable bonds is 8. The molecule has 39 heavy (non-hydrogen) atoms. The molecule has 6 heteroatoms. The molecule has 1 unspecified atom stereocenters. The Morgan fingerprint density at radius 1 is 0.974 bits per heavy atom. The topological polar surface area (TPSA) is 81.7 Å². The fourth-order valence-electron chi connectivity index (χ4n) is 5.19. The van der Waals surface area contributed by atoms with Crippen molar-refractivity contribution < 1.29 is 14.7 Å². The van der Waals surface area contributed by atoms with Gasteiger partial charge in [-0.1, -0.05) is 42.0 Å². The van der Waals surface area contributed by atoms with Crippen LogP contribution in [0.4, 0.5) is 0 Å². The third-order valence-electron chi connectivity index (χ3n) is 7.15. The van der Waals surface area contributed by atoms with E-state index < -0.39 is 6.10 Å². The van der Waals surface area contributed by atoms with E-state index in [0.29, 0.717) is 37.4 Å². The molecule has 1 aromatic carbocycles. The second-order valence-corrected chi connectivity index (χ2v) is 13.3. The average molecular weight is 536 g/mol. The molecule has 1 aliphatic carbocycles. The summed E-state index contributed by atoms with van der Waals surface area (Å²) in [6.07, 6.45) is 10.9. The molecule has 1 heterocycles. The standard InChI is InChI=1S/C33H49N3O3/c1-22(2)36-19-18-25(28(21-36)30(38)34-32(3,4)5)20-26(37)17-16-24-15-14-23-12-10-9-11-13-27(23)29(24)31(39)35-33(6,7)8/h10-15,22,26,37H,9,16-21H2,1-8H3,(H,34,38)(H,35,39). The largest absolute Gasteiger partial charge is 0.393 e. The third kappa shape index (κ3) is 8.91. The van der Waals surface area contributed by atoms with Gasteiger partial charge in [-0.3, -0.25) is 14.5 Å². The van der Waals surface area contributed by atoms with Gasteiger partial charge in [-0.05, 0) is 104 Å². The van der Waals surface area contributed by atoms with E-state index in [1.165, 1.54) is 0 Å². The lowest BCUT2D eigenvalue weighted by molar-refractivity contribution is -0.119. The fraction of sp³-hybridized carbons (Fsp3) is 0.576. The van der Waals surface area contributed by atoms with Crippen LogP contribution >= 0.6 is 0 Å². The Bertz CT molecular complexity index is 1150. The van der Waals surface area contributed by atoms with Gasteiger partial charge >= 0.3 is 0 Å². The number of hydrogen-bond donors (Lipinski definition) is 3. The van der Waals surface area contributed by atoms with E-state index in [1.807, 2.05) is 53.7 Å². The molecule has 0 aromatic heterocycles. The molecular formula is C33H49N3O3. The summed E-state index contributed by atoms with van der Waals surface area (Å²) in [5.74, 6) is -0.129. The van der Waals surface area contributed by atoms with Gasteiger partial charge in [0.25, 0.3) is 5.91 Å². The number of hydrogen-bond acceptors (Lipinski definition) is 4. The third-order valence-corrected chi connectivity index (χ3v) is 7.15. The highest BCUT2D eigenvalue weighted by molar-refractivity contribution is 6.01. The van der Waals surface area contributed by atoms with Crippen LogP contribution in [0.3, 0.4) is 0 Å². The zero-order valence-corrected chi connectivity index (χ0v) is 25.3. The van der Waals surface area contributed by atoms with Crippen LogP contribution < -0.4 is 10.6 Å². The molecule has 1 aromatic rings. The molecule has 6 nitrogen and oxygen atoms in total. The molecule has 214 valence electrons. The van der Waals surface area contributed by atoms with E-state index in [9.17, 15) is 14.7 Å². The SMILES string of the molecule is CC(C)N1CCC(CC(O)CCc2ccc3c(c2C(=O)NC(C)(C)C)C=CCC=C3)=C(C(=O)NC(C)(C)C)C1. The summed E-state index contributed by atoms with van der Waals surface area (Å²) in [5, 5.41) is 17.4. The molecule has 0 saturated heterocycles. The first kappa shape index (κ1) is 30.8. The molecule has 3 N–H and O–H groups in total. The van der Waals surface area contributed by atoms with Gasteiger partial charge < -0.3 is 15.7 Å². The van der Waals surface area contributed by atoms with Crippen molar-refractivity contribution in [3.63, 3.8) is 0 Å². The molecule has 0 bridgehead atoms. The summed E-state index contributed by atoms with van der Waals surface area (Å²) in [4.78, 5) is 29.0. The van der Waals surface area contributed by atoms with Crippen molar-refractivity contribution in [2.45, 2.75) is 111 Å². The van der Waals surface area contributed by atoms with Crippen LogP contribution in [0.5, 0.6) is 0 Å². The van der Waals surface area contributed by atoms with Gasteiger partial charge in [-0.25, -0.2) is 0 Å². The van der Waals surface area contributed by atoms with E-state index in [4.69, 9.17) is 0 Å². The zero-order valence-electron chi connectivity index (χ0n) is 25.3. The molecule has 1 aliphatic heterocycles. The predicted octanol–water partition coefficient (Wildman–Crippen LogP) is 5.65. The lowest BCUT2D eigenvalue weighted by Gasteiger charge is -2.35. The van der Waals surface area contributed by atoms with E-state index >= 15 is 0 Å². The highest BCUT2D eigenvalue weighted by Gasteiger charge is 2.28. The van der Waals surface area contributed by atoms with Gasteiger partial charge in [0.2, 0.25) is 5.91 Å². The number of aliphatic hydroxyl groups excluding tert-OH is 1. The number of nitrogens with one attached hydrogen (secondary N) is 2. The lowest BCUT2D eigenvalue weighted by Crippen LogP contribution is -2.46. The molecular weight excluding hydrogens is 486 g/mol. The number of carbonyl (C=O) groups is 2. The molecule has 2 aliphatic rings. The minimum absolute atomic E-state index is 0.0400. The summed E-state index contributed by atoms with van der Waals surface area (Å²) < 4.78 is 0. The molecule has 2 amide bonds. The number of amides is 2. The Balaban J connectivity index is 1.83. The van der Waals surface area contributed by atoms with E-state index in [-0.39, 0.29) is 22.9 Å². The first-order valence-electron chi connectivity index (χ1n) is 14.4. The zero-order chi connectivity index (χ0) is 29.0. The van der Waals surface area contributed by atoms with E-state index in [2.05, 4.69) is 53.7 Å². The summed E-state index contributed by atoms with van der Waals surface area (Å²) in [6.45, 7) is 17.7. The van der Waals surface area contributed by atoms with Crippen LogP contribution in [-0.2, 0) is 11.2 Å². The number of aliphatic hydroxyl groups is 1. The minimum atomic E-state index is -0.601. The number of allylic oxidation sites excluding steroid dienone is 2. The van der Waals surface area contributed by atoms with Gasteiger partial charge in [-0.15, -0.1) is 0 Å². The van der Waals surface area contributed by atoms with Crippen molar-refractivity contribution in [3.8, 4) is 0 Å². The van der Waals surface area contributed by atoms with Gasteiger partial charge in [0, 0.05) is 35.8 Å². The molecule has 3 rings (SSSR count). The maximum absolute atomic E-state index is 13.5. The van der Waals surface area contributed by atoms with Crippen molar-refractivity contribution in [2.75, 3.05) is 13.1 Å². The maximum Gasteiger partial charge on any atom is 0.252 e. The monoisotopic (exact) mass is 535 g/mol. The van der Waals surface area contributed by atoms with Crippen LogP contribution in [0, 0.1) is 0 Å². The smallest absolute Gasteiger partial charge is 0.252 e. The average Bonchev–Trinajstić information content (AvgIpc) is 3.05. The Morgan fingerprint density at radius 3 is 2.26 bits per heavy atom. The Kier molecular flexibility index (Phi) is 10.0. The van der Waals surface area contributed by atoms with Gasteiger partial charge in [0.05, 0.1) is 11.7 Å². The first-order chi connectivity index (χ1) is 18.1. The lowest BCUT2D eigenvalue weighted by atomic mass is 9.89. The number of nitrogens with zero attached hydrogens (tertiary/aromatic N) is 1.